The molecule has 0 aromatic rings. The second-order valence-corrected chi connectivity index (χ2v) is 7.25. The summed E-state index contributed by atoms with van der Waals surface area (Å²) < 4.78 is 0. The van der Waals surface area contributed by atoms with Crippen LogP contribution in [0.5, 0.6) is 0 Å². The van der Waals surface area contributed by atoms with E-state index in [-0.39, 0.29) is 0 Å². The standard InChI is InChI=1S/C10H22N2.C8H18N2/c1-4-12(5-2)10-6-8-11(3)9-7-10;1-9(2)8-4-6-10(3)7-5-8/h10H,4-9H2,1-3H3;8H,4-7H2,1-3H3. The summed E-state index contributed by atoms with van der Waals surface area (Å²) in [6, 6.07) is 1.69. The third kappa shape index (κ3) is 6.95. The van der Waals surface area contributed by atoms with Crippen LogP contribution >= 0.6 is 0 Å². The fraction of sp³-hybridized carbons (Fsp3) is 1.00. The molecular formula is C18H40N4. The molecule has 22 heavy (non-hydrogen) atoms. The molecule has 0 unspecified atom stereocenters. The Morgan fingerprint density at radius 3 is 1.41 bits per heavy atom. The van der Waals surface area contributed by atoms with Crippen molar-refractivity contribution in [3.8, 4) is 0 Å². The van der Waals surface area contributed by atoms with Gasteiger partial charge < -0.3 is 19.6 Å². The van der Waals surface area contributed by atoms with Crippen LogP contribution in [0.3, 0.4) is 0 Å². The van der Waals surface area contributed by atoms with Crippen molar-refractivity contribution in [1.29, 1.82) is 0 Å². The first-order valence-corrected chi connectivity index (χ1v) is 9.25. The Kier molecular flexibility index (Phi) is 9.57. The van der Waals surface area contributed by atoms with Gasteiger partial charge in [-0.05, 0) is 93.1 Å². The Balaban J connectivity index is 0.000000224. The normalized spacial score (nSPS) is 22.9. The summed E-state index contributed by atoms with van der Waals surface area (Å²) in [6.07, 6.45) is 5.39. The van der Waals surface area contributed by atoms with Crippen molar-refractivity contribution in [3.63, 3.8) is 0 Å². The molecule has 0 spiro atoms. The SMILES string of the molecule is CCN(CC)C1CCN(C)CC1.CN1CCC(N(C)C)CC1. The van der Waals surface area contributed by atoms with E-state index < -0.39 is 0 Å². The maximum Gasteiger partial charge on any atom is 0.0119 e. The summed E-state index contributed by atoms with van der Waals surface area (Å²) in [6.45, 7) is 12.0. The summed E-state index contributed by atoms with van der Waals surface area (Å²) in [5, 5.41) is 0. The topological polar surface area (TPSA) is 13.0 Å². The average Bonchev–Trinajstić information content (AvgIpc) is 2.51. The van der Waals surface area contributed by atoms with Gasteiger partial charge in [0.1, 0.15) is 0 Å². The smallest absolute Gasteiger partial charge is 0.0119 e. The van der Waals surface area contributed by atoms with Gasteiger partial charge in [0.2, 0.25) is 0 Å². The number of hydrogen-bond donors (Lipinski definition) is 0. The van der Waals surface area contributed by atoms with Crippen molar-refractivity contribution >= 4 is 0 Å². The zero-order valence-corrected chi connectivity index (χ0v) is 16.0. The molecule has 0 N–H and O–H groups in total. The third-order valence-corrected chi connectivity index (χ3v) is 5.44. The minimum Gasteiger partial charge on any atom is -0.306 e. The monoisotopic (exact) mass is 312 g/mol. The largest absolute Gasteiger partial charge is 0.306 e. The lowest BCUT2D eigenvalue weighted by Gasteiger charge is -2.36. The van der Waals surface area contributed by atoms with E-state index in [4.69, 9.17) is 0 Å². The maximum absolute atomic E-state index is 2.59. The highest BCUT2D eigenvalue weighted by atomic mass is 15.2. The molecule has 0 amide bonds. The molecule has 4 heteroatoms. The fourth-order valence-electron chi connectivity index (χ4n) is 3.61. The van der Waals surface area contributed by atoms with Gasteiger partial charge in [0.05, 0.1) is 0 Å². The number of hydrogen-bond acceptors (Lipinski definition) is 4. The molecule has 0 aromatic carbocycles. The van der Waals surface area contributed by atoms with Crippen LogP contribution in [0, 0.1) is 0 Å². The van der Waals surface area contributed by atoms with Crippen LogP contribution in [0.25, 0.3) is 0 Å². The molecule has 132 valence electrons. The molecule has 0 saturated carbocycles. The first kappa shape index (κ1) is 19.9. The molecule has 0 atom stereocenters. The third-order valence-electron chi connectivity index (χ3n) is 5.44. The average molecular weight is 313 g/mol. The highest BCUT2D eigenvalue weighted by molar-refractivity contribution is 4.77. The summed E-state index contributed by atoms with van der Waals surface area (Å²) in [5.74, 6) is 0. The molecule has 2 saturated heterocycles. The summed E-state index contributed by atoms with van der Waals surface area (Å²) >= 11 is 0. The Hall–Kier alpha value is -0.160. The van der Waals surface area contributed by atoms with E-state index in [1.54, 1.807) is 0 Å². The summed E-state index contributed by atoms with van der Waals surface area (Å²) in [4.78, 5) is 9.76. The van der Waals surface area contributed by atoms with E-state index in [1.807, 2.05) is 0 Å². The Morgan fingerprint density at radius 2 is 1.09 bits per heavy atom. The van der Waals surface area contributed by atoms with Crippen molar-refractivity contribution in [2.75, 3.05) is 67.5 Å². The van der Waals surface area contributed by atoms with Crippen LogP contribution in [0.15, 0.2) is 0 Å². The van der Waals surface area contributed by atoms with E-state index in [0.29, 0.717) is 0 Å². The molecule has 2 aliphatic rings. The lowest BCUT2D eigenvalue weighted by atomic mass is 10.0. The van der Waals surface area contributed by atoms with Gasteiger partial charge in [-0.1, -0.05) is 13.8 Å². The molecule has 2 fully saturated rings. The number of likely N-dealkylation sites (tertiary alicyclic amines) is 2. The van der Waals surface area contributed by atoms with E-state index in [0.717, 1.165) is 12.1 Å². The van der Waals surface area contributed by atoms with Crippen molar-refractivity contribution in [2.24, 2.45) is 0 Å². The maximum atomic E-state index is 2.59. The lowest BCUT2D eigenvalue weighted by Crippen LogP contribution is -2.43. The Morgan fingerprint density at radius 1 is 0.727 bits per heavy atom. The summed E-state index contributed by atoms with van der Waals surface area (Å²) in [7, 11) is 8.77. The molecule has 0 aromatic heterocycles. The van der Waals surface area contributed by atoms with Crippen molar-refractivity contribution in [1.82, 2.24) is 19.6 Å². The van der Waals surface area contributed by atoms with Gasteiger partial charge in [-0.2, -0.15) is 0 Å². The fourth-order valence-corrected chi connectivity index (χ4v) is 3.61. The second kappa shape index (κ2) is 10.6. The highest BCUT2D eigenvalue weighted by Gasteiger charge is 2.20. The minimum absolute atomic E-state index is 0.830. The number of piperidine rings is 2. The minimum atomic E-state index is 0.830. The van der Waals surface area contributed by atoms with E-state index >= 15 is 0 Å². The zero-order chi connectivity index (χ0) is 16.5. The van der Waals surface area contributed by atoms with Gasteiger partial charge in [-0.3, -0.25) is 0 Å². The van der Waals surface area contributed by atoms with Crippen molar-refractivity contribution in [2.45, 2.75) is 51.6 Å². The quantitative estimate of drug-likeness (QED) is 0.788. The van der Waals surface area contributed by atoms with Gasteiger partial charge in [-0.15, -0.1) is 0 Å². The summed E-state index contributed by atoms with van der Waals surface area (Å²) in [5.41, 5.74) is 0. The lowest BCUT2D eigenvalue weighted by molar-refractivity contribution is 0.131. The highest BCUT2D eigenvalue weighted by Crippen LogP contribution is 2.14. The number of rotatable bonds is 4. The molecule has 0 bridgehead atoms. The van der Waals surface area contributed by atoms with E-state index in [2.05, 4.69) is 61.6 Å². The molecule has 2 heterocycles. The van der Waals surface area contributed by atoms with Gasteiger partial charge >= 0.3 is 0 Å². The van der Waals surface area contributed by atoms with Crippen LogP contribution in [-0.4, -0.2) is 99.1 Å². The Labute approximate surface area is 139 Å². The van der Waals surface area contributed by atoms with Crippen LogP contribution in [0.4, 0.5) is 0 Å². The molecule has 0 aliphatic carbocycles. The van der Waals surface area contributed by atoms with Crippen LogP contribution in [0.2, 0.25) is 0 Å². The first-order chi connectivity index (χ1) is 10.5. The molecule has 2 aliphatic heterocycles. The van der Waals surface area contributed by atoms with Gasteiger partial charge in [0.15, 0.2) is 0 Å². The predicted octanol–water partition coefficient (Wildman–Crippen LogP) is 2.06. The van der Waals surface area contributed by atoms with Crippen LogP contribution in [0.1, 0.15) is 39.5 Å². The van der Waals surface area contributed by atoms with Crippen molar-refractivity contribution < 1.29 is 0 Å². The molecule has 4 nitrogen and oxygen atoms in total. The first-order valence-electron chi connectivity index (χ1n) is 9.25. The van der Waals surface area contributed by atoms with Gasteiger partial charge in [0, 0.05) is 12.1 Å². The van der Waals surface area contributed by atoms with E-state index in [1.165, 1.54) is 65.0 Å². The van der Waals surface area contributed by atoms with Gasteiger partial charge in [0.25, 0.3) is 0 Å². The predicted molar refractivity (Wildman–Crippen MR) is 97.6 cm³/mol. The second-order valence-electron chi connectivity index (χ2n) is 7.25. The molecule has 2 rings (SSSR count). The Bertz CT molecular complexity index is 262. The van der Waals surface area contributed by atoms with Gasteiger partial charge in [-0.25, -0.2) is 0 Å². The van der Waals surface area contributed by atoms with E-state index in [9.17, 15) is 0 Å². The molecular weight excluding hydrogens is 272 g/mol. The molecule has 0 radical (unpaired) electrons. The van der Waals surface area contributed by atoms with Crippen molar-refractivity contribution in [3.05, 3.63) is 0 Å². The van der Waals surface area contributed by atoms with Crippen LogP contribution in [-0.2, 0) is 0 Å². The van der Waals surface area contributed by atoms with Crippen LogP contribution < -0.4 is 0 Å². The number of nitrogens with zero attached hydrogens (tertiary/aromatic N) is 4. The zero-order valence-electron chi connectivity index (χ0n) is 16.0.